The van der Waals surface area contributed by atoms with Crippen LogP contribution in [-0.4, -0.2) is 26.2 Å². The van der Waals surface area contributed by atoms with Crippen LogP contribution < -0.4 is 5.43 Å². The quantitative estimate of drug-likeness (QED) is 0.566. The number of carbonyl (C=O) groups excluding carboxylic acids is 1. The lowest BCUT2D eigenvalue weighted by Gasteiger charge is -1.98. The number of hydrogen-bond acceptors (Lipinski definition) is 4. The molecule has 0 radical (unpaired) electrons. The Morgan fingerprint density at radius 3 is 3.00 bits per heavy atom. The van der Waals surface area contributed by atoms with Gasteiger partial charge in [-0.3, -0.25) is 4.79 Å². The molecule has 0 fully saturated rings. The van der Waals surface area contributed by atoms with Crippen LogP contribution in [0.1, 0.15) is 5.82 Å². The van der Waals surface area contributed by atoms with Crippen molar-refractivity contribution in [3.63, 3.8) is 0 Å². The second kappa shape index (κ2) is 2.91. The predicted octanol–water partition coefficient (Wildman–Crippen LogP) is -0.762. The van der Waals surface area contributed by atoms with E-state index in [0.717, 1.165) is 6.08 Å². The van der Waals surface area contributed by atoms with Crippen LogP contribution in [0.15, 0.2) is 12.7 Å². The largest absolute Gasteiger partial charge is 0.268 e. The zero-order valence-electron chi connectivity index (χ0n) is 5.98. The second-order valence-corrected chi connectivity index (χ2v) is 1.82. The molecule has 6 nitrogen and oxygen atoms in total. The van der Waals surface area contributed by atoms with E-state index in [1.165, 1.54) is 4.79 Å². The molecule has 1 rings (SSSR count). The standard InChI is InChI=1S/C5H7N5O/c1-3-5(11)7-10-4(2)6-8-9-10/h3H,1H2,2H3,(H,7,11). The first kappa shape index (κ1) is 7.39. The van der Waals surface area contributed by atoms with Crippen molar-refractivity contribution in [2.24, 2.45) is 0 Å². The number of aromatic nitrogens is 4. The Hall–Kier alpha value is -1.72. The first-order chi connectivity index (χ1) is 5.24. The van der Waals surface area contributed by atoms with Gasteiger partial charge in [-0.25, -0.2) is 5.43 Å². The Balaban J connectivity index is 2.71. The van der Waals surface area contributed by atoms with E-state index < -0.39 is 0 Å². The molecule has 0 unspecified atom stereocenters. The molecule has 0 aromatic carbocycles. The Morgan fingerprint density at radius 1 is 1.82 bits per heavy atom. The molecule has 0 aliphatic heterocycles. The van der Waals surface area contributed by atoms with Crippen LogP contribution in [0, 0.1) is 6.92 Å². The molecule has 1 aromatic heterocycles. The Labute approximate surface area is 62.9 Å². The van der Waals surface area contributed by atoms with Crippen molar-refractivity contribution in [3.05, 3.63) is 18.5 Å². The average Bonchev–Trinajstić information content (AvgIpc) is 2.37. The molecular formula is C5H7N5O. The van der Waals surface area contributed by atoms with Crippen LogP contribution in [0.2, 0.25) is 0 Å². The number of nitrogens with one attached hydrogen (secondary N) is 1. The fourth-order valence-electron chi connectivity index (χ4n) is 0.485. The smallest absolute Gasteiger partial charge is 0.263 e. The van der Waals surface area contributed by atoms with Gasteiger partial charge >= 0.3 is 0 Å². The van der Waals surface area contributed by atoms with Gasteiger partial charge in [0.15, 0.2) is 5.82 Å². The number of tetrazole rings is 1. The van der Waals surface area contributed by atoms with Gasteiger partial charge < -0.3 is 0 Å². The van der Waals surface area contributed by atoms with Crippen LogP contribution in [-0.2, 0) is 4.79 Å². The number of aryl methyl sites for hydroxylation is 1. The zero-order chi connectivity index (χ0) is 8.27. The molecule has 1 amide bonds. The number of amides is 1. The van der Waals surface area contributed by atoms with E-state index >= 15 is 0 Å². The number of rotatable bonds is 2. The third-order valence-corrected chi connectivity index (χ3v) is 1.03. The zero-order valence-corrected chi connectivity index (χ0v) is 5.98. The molecule has 1 N–H and O–H groups in total. The molecule has 6 heteroatoms. The van der Waals surface area contributed by atoms with Gasteiger partial charge in [-0.15, -0.1) is 9.89 Å². The number of nitrogens with zero attached hydrogens (tertiary/aromatic N) is 4. The third kappa shape index (κ3) is 1.60. The van der Waals surface area contributed by atoms with Gasteiger partial charge in [0.2, 0.25) is 0 Å². The predicted molar refractivity (Wildman–Crippen MR) is 37.1 cm³/mol. The van der Waals surface area contributed by atoms with Gasteiger partial charge in [0.05, 0.1) is 0 Å². The normalized spacial score (nSPS) is 9.18. The lowest BCUT2D eigenvalue weighted by atomic mass is 10.6. The van der Waals surface area contributed by atoms with E-state index in [1.54, 1.807) is 6.92 Å². The molecule has 0 spiro atoms. The SMILES string of the molecule is C=CC(=O)Nn1nnnc1C. The van der Waals surface area contributed by atoms with E-state index in [9.17, 15) is 4.79 Å². The van der Waals surface area contributed by atoms with Crippen molar-refractivity contribution in [2.75, 3.05) is 5.43 Å². The summed E-state index contributed by atoms with van der Waals surface area (Å²) in [4.78, 5) is 11.9. The molecule has 0 saturated carbocycles. The molecule has 0 atom stereocenters. The summed E-state index contributed by atoms with van der Waals surface area (Å²) in [6.07, 6.45) is 1.14. The summed E-state index contributed by atoms with van der Waals surface area (Å²) >= 11 is 0. The Bertz CT molecular complexity index is 278. The highest BCUT2D eigenvalue weighted by Gasteiger charge is 2.00. The van der Waals surface area contributed by atoms with Crippen molar-refractivity contribution in [3.8, 4) is 0 Å². The minimum atomic E-state index is -0.347. The molecule has 0 aliphatic rings. The van der Waals surface area contributed by atoms with Crippen molar-refractivity contribution >= 4 is 5.91 Å². The van der Waals surface area contributed by atoms with Crippen LogP contribution in [0.25, 0.3) is 0 Å². The Kier molecular flexibility index (Phi) is 1.95. The summed E-state index contributed by atoms with van der Waals surface area (Å²) < 4.78 is 0. The maximum Gasteiger partial charge on any atom is 0.263 e. The van der Waals surface area contributed by atoms with Crippen LogP contribution >= 0.6 is 0 Å². The summed E-state index contributed by atoms with van der Waals surface area (Å²) in [7, 11) is 0. The topological polar surface area (TPSA) is 72.7 Å². The highest BCUT2D eigenvalue weighted by molar-refractivity contribution is 5.93. The van der Waals surface area contributed by atoms with E-state index in [2.05, 4.69) is 27.5 Å². The molecular weight excluding hydrogens is 146 g/mol. The Morgan fingerprint density at radius 2 is 2.55 bits per heavy atom. The van der Waals surface area contributed by atoms with Gasteiger partial charge in [0.25, 0.3) is 5.91 Å². The fourth-order valence-corrected chi connectivity index (χ4v) is 0.485. The first-order valence-electron chi connectivity index (χ1n) is 2.92. The van der Waals surface area contributed by atoms with Crippen molar-refractivity contribution in [1.29, 1.82) is 0 Å². The van der Waals surface area contributed by atoms with Crippen molar-refractivity contribution < 1.29 is 4.79 Å². The van der Waals surface area contributed by atoms with Gasteiger partial charge in [-0.2, -0.15) is 0 Å². The minimum absolute atomic E-state index is 0.347. The first-order valence-corrected chi connectivity index (χ1v) is 2.92. The lowest BCUT2D eigenvalue weighted by Crippen LogP contribution is -2.23. The molecule has 1 heterocycles. The number of hydrogen-bond donors (Lipinski definition) is 1. The molecule has 1 aromatic rings. The van der Waals surface area contributed by atoms with Crippen LogP contribution in [0.3, 0.4) is 0 Å². The summed E-state index contributed by atoms with van der Waals surface area (Å²) in [6, 6.07) is 0. The molecule has 0 bridgehead atoms. The second-order valence-electron chi connectivity index (χ2n) is 1.82. The van der Waals surface area contributed by atoms with Crippen molar-refractivity contribution in [2.45, 2.75) is 6.92 Å². The highest BCUT2D eigenvalue weighted by Crippen LogP contribution is 1.82. The third-order valence-electron chi connectivity index (χ3n) is 1.03. The summed E-state index contributed by atoms with van der Waals surface area (Å²) in [6.45, 7) is 4.95. The lowest BCUT2D eigenvalue weighted by molar-refractivity contribution is -0.112. The maximum atomic E-state index is 10.7. The molecule has 58 valence electrons. The maximum absolute atomic E-state index is 10.7. The van der Waals surface area contributed by atoms with E-state index in [4.69, 9.17) is 0 Å². The molecule has 0 saturated heterocycles. The van der Waals surface area contributed by atoms with Crippen molar-refractivity contribution in [1.82, 2.24) is 20.3 Å². The summed E-state index contributed by atoms with van der Waals surface area (Å²) in [5.74, 6) is 0.167. The highest BCUT2D eigenvalue weighted by atomic mass is 16.2. The monoisotopic (exact) mass is 153 g/mol. The van der Waals surface area contributed by atoms with Gasteiger partial charge in [-0.1, -0.05) is 6.58 Å². The van der Waals surface area contributed by atoms with E-state index in [0.29, 0.717) is 5.82 Å². The van der Waals surface area contributed by atoms with E-state index in [-0.39, 0.29) is 5.91 Å². The molecule has 11 heavy (non-hydrogen) atoms. The number of carbonyl (C=O) groups is 1. The van der Waals surface area contributed by atoms with Crippen LogP contribution in [0.5, 0.6) is 0 Å². The fraction of sp³-hybridized carbons (Fsp3) is 0.200. The van der Waals surface area contributed by atoms with Gasteiger partial charge in [-0.05, 0) is 23.4 Å². The summed E-state index contributed by atoms with van der Waals surface area (Å²) in [5.41, 5.74) is 2.36. The van der Waals surface area contributed by atoms with Gasteiger partial charge in [0, 0.05) is 0 Å². The van der Waals surface area contributed by atoms with Crippen LogP contribution in [0.4, 0.5) is 0 Å². The van der Waals surface area contributed by atoms with E-state index in [1.807, 2.05) is 0 Å². The van der Waals surface area contributed by atoms with Gasteiger partial charge in [0.1, 0.15) is 0 Å². The minimum Gasteiger partial charge on any atom is -0.268 e. The summed E-state index contributed by atoms with van der Waals surface area (Å²) in [5, 5.41) is 10.4. The molecule has 0 aliphatic carbocycles. The average molecular weight is 153 g/mol.